The van der Waals surface area contributed by atoms with Crippen LogP contribution in [0.5, 0.6) is 0 Å². The van der Waals surface area contributed by atoms with E-state index in [4.69, 9.17) is 11.6 Å². The van der Waals surface area contributed by atoms with E-state index in [0.717, 1.165) is 18.0 Å². The molecule has 9 heteroatoms. The summed E-state index contributed by atoms with van der Waals surface area (Å²) in [6, 6.07) is 11.0. The number of anilines is 1. The van der Waals surface area contributed by atoms with Gasteiger partial charge in [0.1, 0.15) is 0 Å². The van der Waals surface area contributed by atoms with E-state index in [1.807, 2.05) is 20.8 Å². The van der Waals surface area contributed by atoms with Gasteiger partial charge >= 0.3 is 0 Å². The number of carbonyl (C=O) groups is 2. The van der Waals surface area contributed by atoms with E-state index in [9.17, 15) is 9.59 Å². The summed E-state index contributed by atoms with van der Waals surface area (Å²) in [7, 11) is 0. The van der Waals surface area contributed by atoms with E-state index in [0.29, 0.717) is 16.4 Å². The number of hydrogen-bond acceptors (Lipinski definition) is 6. The van der Waals surface area contributed by atoms with Gasteiger partial charge in [-0.1, -0.05) is 35.1 Å². The minimum atomic E-state index is -1.02. The molecule has 0 bridgehead atoms. The third kappa shape index (κ3) is 5.01. The lowest BCUT2D eigenvalue weighted by Crippen LogP contribution is -2.50. The fourth-order valence-electron chi connectivity index (χ4n) is 2.80. The van der Waals surface area contributed by atoms with Crippen molar-refractivity contribution in [3.8, 4) is 0 Å². The molecule has 1 atom stereocenters. The third-order valence-corrected chi connectivity index (χ3v) is 5.44. The summed E-state index contributed by atoms with van der Waals surface area (Å²) in [4.78, 5) is 32.7. The third-order valence-electron chi connectivity index (χ3n) is 4.70. The molecule has 1 aromatic carbocycles. The van der Waals surface area contributed by atoms with Crippen LogP contribution >= 0.6 is 23.1 Å². The number of pyridine rings is 1. The van der Waals surface area contributed by atoms with Crippen molar-refractivity contribution in [1.82, 2.24) is 19.9 Å². The lowest BCUT2D eigenvalue weighted by molar-refractivity contribution is -0.124. The molecule has 1 N–H and O–H groups in total. The van der Waals surface area contributed by atoms with Crippen molar-refractivity contribution in [1.29, 1.82) is 0 Å². The minimum Gasteiger partial charge on any atom is -0.349 e. The van der Waals surface area contributed by atoms with Gasteiger partial charge in [0, 0.05) is 27.8 Å². The molecule has 30 heavy (non-hydrogen) atoms. The molecule has 0 unspecified atom stereocenters. The van der Waals surface area contributed by atoms with E-state index in [1.165, 1.54) is 4.90 Å². The Morgan fingerprint density at radius 3 is 2.63 bits per heavy atom. The Labute approximate surface area is 184 Å². The molecule has 3 rings (SSSR count). The van der Waals surface area contributed by atoms with Gasteiger partial charge in [0.2, 0.25) is 5.91 Å². The van der Waals surface area contributed by atoms with Crippen LogP contribution in [-0.4, -0.2) is 31.9 Å². The Morgan fingerprint density at radius 2 is 2.03 bits per heavy atom. The highest BCUT2D eigenvalue weighted by atomic mass is 35.5. The topological polar surface area (TPSA) is 88.1 Å². The molecule has 156 valence electrons. The molecule has 0 saturated heterocycles. The van der Waals surface area contributed by atoms with Crippen LogP contribution in [0.25, 0.3) is 0 Å². The summed E-state index contributed by atoms with van der Waals surface area (Å²) in [6.07, 6.45) is 2.31. The molecular formula is C21H22ClN5O2S. The normalized spacial score (nSPS) is 12.3. The molecule has 2 aromatic heterocycles. The molecule has 0 radical (unpaired) electrons. The van der Waals surface area contributed by atoms with Gasteiger partial charge in [-0.05, 0) is 62.1 Å². The van der Waals surface area contributed by atoms with E-state index < -0.39 is 17.5 Å². The first-order valence-electron chi connectivity index (χ1n) is 9.41. The maximum Gasteiger partial charge on any atom is 0.280 e. The van der Waals surface area contributed by atoms with E-state index in [-0.39, 0.29) is 11.6 Å². The Bertz CT molecular complexity index is 1010. The molecule has 2 amide bonds. The zero-order chi connectivity index (χ0) is 21.7. The predicted octanol–water partition coefficient (Wildman–Crippen LogP) is 4.28. The van der Waals surface area contributed by atoms with E-state index in [1.54, 1.807) is 54.0 Å². The highest BCUT2D eigenvalue weighted by Crippen LogP contribution is 2.31. The minimum absolute atomic E-state index is 0.142. The molecular weight excluding hydrogens is 422 g/mol. The predicted molar refractivity (Wildman–Crippen MR) is 118 cm³/mol. The summed E-state index contributed by atoms with van der Waals surface area (Å²) >= 11 is 7.26. The first kappa shape index (κ1) is 21.9. The van der Waals surface area contributed by atoms with Crippen LogP contribution in [0.15, 0.2) is 54.0 Å². The number of carbonyl (C=O) groups excluding carboxylic acids is 2. The van der Waals surface area contributed by atoms with Gasteiger partial charge in [-0.2, -0.15) is 0 Å². The first-order chi connectivity index (χ1) is 14.3. The number of nitrogens with one attached hydrogen (secondary N) is 1. The average molecular weight is 444 g/mol. The van der Waals surface area contributed by atoms with Crippen molar-refractivity contribution >= 4 is 40.6 Å². The SMILES string of the molecule is CCC(C)(C)NC(=O)[C@H](c1ccccn1)N(C(=O)c1csnn1)c1cccc(Cl)c1. The lowest BCUT2D eigenvalue weighted by atomic mass is 10.00. The number of halogens is 1. The van der Waals surface area contributed by atoms with Crippen LogP contribution in [0.2, 0.25) is 5.02 Å². The van der Waals surface area contributed by atoms with Gasteiger partial charge in [0.25, 0.3) is 5.91 Å². The van der Waals surface area contributed by atoms with Crippen LogP contribution in [0, 0.1) is 0 Å². The van der Waals surface area contributed by atoms with Gasteiger partial charge in [-0.15, -0.1) is 5.10 Å². The molecule has 2 heterocycles. The van der Waals surface area contributed by atoms with Crippen molar-refractivity contribution in [2.75, 3.05) is 4.90 Å². The summed E-state index contributed by atoms with van der Waals surface area (Å²) in [6.45, 7) is 5.84. The Morgan fingerprint density at radius 1 is 1.23 bits per heavy atom. The van der Waals surface area contributed by atoms with Gasteiger partial charge in [-0.3, -0.25) is 19.5 Å². The number of rotatable bonds is 7. The number of hydrogen-bond donors (Lipinski definition) is 1. The first-order valence-corrected chi connectivity index (χ1v) is 10.6. The summed E-state index contributed by atoms with van der Waals surface area (Å²) < 4.78 is 3.79. The van der Waals surface area contributed by atoms with Crippen LogP contribution in [0.1, 0.15) is 49.4 Å². The molecule has 0 spiro atoms. The maximum absolute atomic E-state index is 13.5. The molecule has 0 saturated carbocycles. The van der Waals surface area contributed by atoms with Gasteiger partial charge in [0.05, 0.1) is 5.69 Å². The average Bonchev–Trinajstić information content (AvgIpc) is 3.26. The van der Waals surface area contributed by atoms with Gasteiger partial charge < -0.3 is 5.32 Å². The van der Waals surface area contributed by atoms with E-state index >= 15 is 0 Å². The molecule has 0 fully saturated rings. The fraction of sp³-hybridized carbons (Fsp3) is 0.286. The van der Waals surface area contributed by atoms with Crippen LogP contribution < -0.4 is 10.2 Å². The van der Waals surface area contributed by atoms with Crippen LogP contribution in [0.4, 0.5) is 5.69 Å². The summed E-state index contributed by atoms with van der Waals surface area (Å²) in [5.74, 6) is -0.816. The standard InChI is InChI=1S/C21H22ClN5O2S/c1-4-21(2,3)24-19(28)18(16-10-5-6-11-23-16)27(15-9-7-8-14(22)12-15)20(29)17-13-30-26-25-17/h5-13,18H,4H2,1-3H3,(H,24,28)/t18-/m0/s1. The Balaban J connectivity index is 2.15. The molecule has 3 aromatic rings. The molecule has 0 aliphatic heterocycles. The summed E-state index contributed by atoms with van der Waals surface area (Å²) in [5, 5.41) is 8.92. The summed E-state index contributed by atoms with van der Waals surface area (Å²) in [5.41, 5.74) is 0.567. The van der Waals surface area contributed by atoms with Crippen molar-refractivity contribution < 1.29 is 9.59 Å². The molecule has 7 nitrogen and oxygen atoms in total. The lowest BCUT2D eigenvalue weighted by Gasteiger charge is -2.33. The van der Waals surface area contributed by atoms with Crippen LogP contribution in [0.3, 0.4) is 0 Å². The second kappa shape index (κ2) is 9.32. The van der Waals surface area contributed by atoms with Crippen molar-refractivity contribution in [3.63, 3.8) is 0 Å². The maximum atomic E-state index is 13.5. The fourth-order valence-corrected chi connectivity index (χ4v) is 3.42. The highest BCUT2D eigenvalue weighted by Gasteiger charge is 2.37. The molecule has 0 aliphatic carbocycles. The number of benzene rings is 1. The van der Waals surface area contributed by atoms with Crippen molar-refractivity contribution in [2.24, 2.45) is 0 Å². The number of amides is 2. The zero-order valence-corrected chi connectivity index (χ0v) is 18.4. The largest absolute Gasteiger partial charge is 0.349 e. The second-order valence-corrected chi connectivity index (χ2v) is 8.38. The van der Waals surface area contributed by atoms with Crippen molar-refractivity contribution in [3.05, 3.63) is 70.5 Å². The Hall–Kier alpha value is -2.84. The van der Waals surface area contributed by atoms with Gasteiger partial charge in [-0.25, -0.2) is 0 Å². The monoisotopic (exact) mass is 443 g/mol. The molecule has 0 aliphatic rings. The quantitative estimate of drug-likeness (QED) is 0.588. The smallest absolute Gasteiger partial charge is 0.280 e. The highest BCUT2D eigenvalue weighted by molar-refractivity contribution is 7.03. The van der Waals surface area contributed by atoms with Crippen LogP contribution in [-0.2, 0) is 4.79 Å². The zero-order valence-electron chi connectivity index (χ0n) is 16.9. The van der Waals surface area contributed by atoms with Crippen molar-refractivity contribution in [2.45, 2.75) is 38.8 Å². The number of aromatic nitrogens is 3. The second-order valence-electron chi connectivity index (χ2n) is 7.33. The van der Waals surface area contributed by atoms with Gasteiger partial charge in [0.15, 0.2) is 11.7 Å². The Kier molecular flexibility index (Phi) is 6.79. The van der Waals surface area contributed by atoms with E-state index in [2.05, 4.69) is 19.9 Å². The number of nitrogens with zero attached hydrogens (tertiary/aromatic N) is 4.